The van der Waals surface area contributed by atoms with Crippen molar-refractivity contribution in [1.29, 1.82) is 0 Å². The molecule has 4 rings (SSSR count). The van der Waals surface area contributed by atoms with Crippen LogP contribution >= 0.6 is 11.3 Å². The van der Waals surface area contributed by atoms with Crippen LogP contribution in [-0.2, 0) is 17.8 Å². The first-order valence-corrected chi connectivity index (χ1v) is 11.3. The van der Waals surface area contributed by atoms with Gasteiger partial charge in [-0.05, 0) is 31.4 Å². The summed E-state index contributed by atoms with van der Waals surface area (Å²) in [6, 6.07) is 12.2. The molecular formula is C23H22N4O5S. The van der Waals surface area contributed by atoms with E-state index in [1.807, 2.05) is 36.6 Å². The Bertz CT molecular complexity index is 1350. The number of nitrogens with zero attached hydrogens (tertiary/aromatic N) is 3. The number of oxazole rings is 1. The van der Waals surface area contributed by atoms with E-state index in [4.69, 9.17) is 4.42 Å². The summed E-state index contributed by atoms with van der Waals surface area (Å²) in [5.74, 6) is -0.691. The maximum Gasteiger partial charge on any atom is 0.419 e. The van der Waals surface area contributed by atoms with Crippen molar-refractivity contribution in [2.24, 2.45) is 0 Å². The SMILES string of the molecule is Cc1nc(-c2ccc(CCNC(=O)CCCn3c(=O)oc4cc([N+](=O)[O-])ccc43)cc2)cs1. The summed E-state index contributed by atoms with van der Waals surface area (Å²) in [7, 11) is 0. The molecule has 0 atom stereocenters. The van der Waals surface area contributed by atoms with Gasteiger partial charge in [-0.1, -0.05) is 24.3 Å². The molecule has 4 aromatic rings. The van der Waals surface area contributed by atoms with Crippen LogP contribution in [0, 0.1) is 17.0 Å². The van der Waals surface area contributed by atoms with Crippen LogP contribution in [0.15, 0.2) is 57.1 Å². The Balaban J connectivity index is 1.23. The number of carbonyl (C=O) groups excluding carboxylic acids is 1. The highest BCUT2D eigenvalue weighted by molar-refractivity contribution is 7.09. The van der Waals surface area contributed by atoms with Gasteiger partial charge in [0.15, 0.2) is 5.58 Å². The summed E-state index contributed by atoms with van der Waals surface area (Å²) in [5, 5.41) is 16.8. The third-order valence-corrected chi connectivity index (χ3v) is 6.03. The first-order chi connectivity index (χ1) is 15.9. The molecule has 33 heavy (non-hydrogen) atoms. The van der Waals surface area contributed by atoms with Crippen LogP contribution in [0.1, 0.15) is 23.4 Å². The molecule has 10 heteroatoms. The predicted molar refractivity (Wildman–Crippen MR) is 125 cm³/mol. The van der Waals surface area contributed by atoms with E-state index in [-0.39, 0.29) is 30.1 Å². The van der Waals surface area contributed by atoms with Crippen molar-refractivity contribution in [2.75, 3.05) is 6.54 Å². The number of nitrogens with one attached hydrogen (secondary N) is 1. The molecule has 0 radical (unpaired) electrons. The summed E-state index contributed by atoms with van der Waals surface area (Å²) >= 11 is 1.62. The van der Waals surface area contributed by atoms with Crippen molar-refractivity contribution in [3.63, 3.8) is 0 Å². The van der Waals surface area contributed by atoms with Crippen LogP contribution in [-0.4, -0.2) is 26.9 Å². The van der Waals surface area contributed by atoms with E-state index in [2.05, 4.69) is 10.3 Å². The highest BCUT2D eigenvalue weighted by atomic mass is 32.1. The van der Waals surface area contributed by atoms with E-state index in [1.54, 1.807) is 11.3 Å². The number of fused-ring (bicyclic) bond motifs is 1. The van der Waals surface area contributed by atoms with Gasteiger partial charge in [0, 0.05) is 36.5 Å². The Morgan fingerprint density at radius 3 is 2.73 bits per heavy atom. The van der Waals surface area contributed by atoms with Gasteiger partial charge in [0.25, 0.3) is 5.69 Å². The van der Waals surface area contributed by atoms with Crippen molar-refractivity contribution >= 4 is 34.0 Å². The van der Waals surface area contributed by atoms with Gasteiger partial charge in [0.2, 0.25) is 5.91 Å². The van der Waals surface area contributed by atoms with Gasteiger partial charge in [0.05, 0.1) is 27.2 Å². The van der Waals surface area contributed by atoms with Gasteiger partial charge in [-0.2, -0.15) is 0 Å². The molecule has 2 aromatic heterocycles. The van der Waals surface area contributed by atoms with Crippen LogP contribution in [0.2, 0.25) is 0 Å². The number of carbonyl (C=O) groups is 1. The third kappa shape index (κ3) is 5.35. The second kappa shape index (κ2) is 9.78. The van der Waals surface area contributed by atoms with E-state index in [1.165, 1.54) is 22.8 Å². The Kier molecular flexibility index (Phi) is 6.64. The van der Waals surface area contributed by atoms with Gasteiger partial charge in [0.1, 0.15) is 0 Å². The van der Waals surface area contributed by atoms with E-state index in [0.29, 0.717) is 24.9 Å². The minimum atomic E-state index is -0.595. The molecular weight excluding hydrogens is 444 g/mol. The number of amides is 1. The lowest BCUT2D eigenvalue weighted by atomic mass is 10.1. The Morgan fingerprint density at radius 2 is 2.03 bits per heavy atom. The lowest BCUT2D eigenvalue weighted by molar-refractivity contribution is -0.384. The number of hydrogen-bond donors (Lipinski definition) is 1. The fourth-order valence-electron chi connectivity index (χ4n) is 3.55. The molecule has 0 saturated carbocycles. The fourth-order valence-corrected chi connectivity index (χ4v) is 4.17. The third-order valence-electron chi connectivity index (χ3n) is 5.25. The molecule has 170 valence electrons. The Hall–Kier alpha value is -3.79. The van der Waals surface area contributed by atoms with Crippen molar-refractivity contribution in [3.8, 4) is 11.3 Å². The number of nitro groups is 1. The molecule has 1 N–H and O–H groups in total. The fraction of sp³-hybridized carbons (Fsp3) is 0.261. The van der Waals surface area contributed by atoms with Crippen LogP contribution in [0.4, 0.5) is 5.69 Å². The van der Waals surface area contributed by atoms with Gasteiger partial charge >= 0.3 is 5.76 Å². The summed E-state index contributed by atoms with van der Waals surface area (Å²) < 4.78 is 6.48. The number of non-ortho nitro benzene ring substituents is 1. The topological polar surface area (TPSA) is 120 Å². The largest absolute Gasteiger partial charge is 0.419 e. The standard InChI is InChI=1S/C23H22N4O5S/c1-15-25-19(14-33-15)17-6-4-16(5-7-17)10-11-24-22(28)3-2-12-26-20-9-8-18(27(30)31)13-21(20)32-23(26)29/h4-9,13-14H,2-3,10-12H2,1H3,(H,24,28). The molecule has 0 aliphatic rings. The maximum absolute atomic E-state index is 12.2. The van der Waals surface area contributed by atoms with Crippen LogP contribution in [0.25, 0.3) is 22.4 Å². The molecule has 0 spiro atoms. The number of thiazole rings is 1. The van der Waals surface area contributed by atoms with Crippen LogP contribution < -0.4 is 11.1 Å². The van der Waals surface area contributed by atoms with Crippen molar-refractivity contribution in [1.82, 2.24) is 14.9 Å². The minimum absolute atomic E-state index is 0.0962. The smallest absolute Gasteiger partial charge is 0.407 e. The van der Waals surface area contributed by atoms with Crippen LogP contribution in [0.3, 0.4) is 0 Å². The van der Waals surface area contributed by atoms with Gasteiger partial charge in [-0.3, -0.25) is 19.5 Å². The molecule has 2 aromatic carbocycles. The molecule has 0 saturated heterocycles. The number of benzene rings is 2. The molecule has 0 fully saturated rings. The highest BCUT2D eigenvalue weighted by Crippen LogP contribution is 2.22. The number of nitro benzene ring substituents is 1. The van der Waals surface area contributed by atoms with Crippen molar-refractivity contribution < 1.29 is 14.1 Å². The average molecular weight is 467 g/mol. The van der Waals surface area contributed by atoms with E-state index in [9.17, 15) is 19.7 Å². The summed E-state index contributed by atoms with van der Waals surface area (Å²) in [6.45, 7) is 2.79. The number of hydrogen-bond acceptors (Lipinski definition) is 7. The van der Waals surface area contributed by atoms with E-state index in [0.717, 1.165) is 21.8 Å². The summed E-state index contributed by atoms with van der Waals surface area (Å²) in [4.78, 5) is 39.0. The Morgan fingerprint density at radius 1 is 1.24 bits per heavy atom. The molecule has 9 nitrogen and oxygen atoms in total. The lowest BCUT2D eigenvalue weighted by Gasteiger charge is -2.07. The van der Waals surface area contributed by atoms with Crippen LogP contribution in [0.5, 0.6) is 0 Å². The number of aryl methyl sites for hydroxylation is 2. The van der Waals surface area contributed by atoms with Gasteiger partial charge in [-0.15, -0.1) is 11.3 Å². The van der Waals surface area contributed by atoms with E-state index >= 15 is 0 Å². The first-order valence-electron chi connectivity index (χ1n) is 10.5. The number of aromatic nitrogens is 2. The monoisotopic (exact) mass is 466 g/mol. The van der Waals surface area contributed by atoms with Gasteiger partial charge < -0.3 is 9.73 Å². The normalized spacial score (nSPS) is 11.1. The zero-order chi connectivity index (χ0) is 23.4. The molecule has 0 unspecified atom stereocenters. The quantitative estimate of drug-likeness (QED) is 0.293. The molecule has 1 amide bonds. The lowest BCUT2D eigenvalue weighted by Crippen LogP contribution is -2.26. The Labute approximate surface area is 192 Å². The highest BCUT2D eigenvalue weighted by Gasteiger charge is 2.14. The van der Waals surface area contributed by atoms with Crippen molar-refractivity contribution in [2.45, 2.75) is 32.7 Å². The maximum atomic E-state index is 12.2. The second-order valence-corrected chi connectivity index (χ2v) is 8.64. The molecule has 0 aliphatic carbocycles. The zero-order valence-corrected chi connectivity index (χ0v) is 18.8. The molecule has 0 aliphatic heterocycles. The summed E-state index contributed by atoms with van der Waals surface area (Å²) in [5.41, 5.74) is 3.66. The molecule has 2 heterocycles. The number of rotatable bonds is 9. The summed E-state index contributed by atoms with van der Waals surface area (Å²) in [6.07, 6.45) is 1.42. The first kappa shape index (κ1) is 22.4. The van der Waals surface area contributed by atoms with E-state index < -0.39 is 10.7 Å². The van der Waals surface area contributed by atoms with Crippen molar-refractivity contribution in [3.05, 3.63) is 79.1 Å². The minimum Gasteiger partial charge on any atom is -0.407 e. The predicted octanol–water partition coefficient (Wildman–Crippen LogP) is 4.07. The average Bonchev–Trinajstić information content (AvgIpc) is 3.36. The van der Waals surface area contributed by atoms with Gasteiger partial charge in [-0.25, -0.2) is 9.78 Å². The zero-order valence-electron chi connectivity index (χ0n) is 17.9. The second-order valence-electron chi connectivity index (χ2n) is 7.58. The molecule has 0 bridgehead atoms.